The first-order valence-corrected chi connectivity index (χ1v) is 5.04. The molecule has 0 aliphatic heterocycles. The number of hydrogen-bond acceptors (Lipinski definition) is 5. The van der Waals surface area contributed by atoms with E-state index in [1.807, 2.05) is 6.07 Å². The van der Waals surface area contributed by atoms with Crippen LogP contribution in [-0.4, -0.2) is 14.5 Å². The second-order valence-corrected chi connectivity index (χ2v) is 3.63. The maximum absolute atomic E-state index is 11.5. The van der Waals surface area contributed by atoms with Crippen molar-refractivity contribution in [2.75, 3.05) is 5.73 Å². The molecular weight excluding hydrogens is 234 g/mol. The van der Waals surface area contributed by atoms with Gasteiger partial charge in [0.05, 0.1) is 6.54 Å². The van der Waals surface area contributed by atoms with E-state index in [-0.39, 0.29) is 17.9 Å². The summed E-state index contributed by atoms with van der Waals surface area (Å²) in [7, 11) is 0. The van der Waals surface area contributed by atoms with Crippen molar-refractivity contribution in [3.63, 3.8) is 0 Å². The normalized spacial score (nSPS) is 9.94. The first-order valence-electron chi connectivity index (χ1n) is 5.04. The van der Waals surface area contributed by atoms with E-state index in [9.17, 15) is 9.59 Å². The van der Waals surface area contributed by atoms with Crippen LogP contribution >= 0.6 is 0 Å². The number of nitrogens with one attached hydrogen (secondary N) is 1. The van der Waals surface area contributed by atoms with Gasteiger partial charge in [-0.05, 0) is 17.7 Å². The van der Waals surface area contributed by atoms with E-state index in [1.54, 1.807) is 12.1 Å². The summed E-state index contributed by atoms with van der Waals surface area (Å²) in [6.45, 7) is 0.205. The summed E-state index contributed by atoms with van der Waals surface area (Å²) in [6.07, 6.45) is 2.75. The highest BCUT2D eigenvalue weighted by Gasteiger charge is 2.03. The van der Waals surface area contributed by atoms with E-state index in [0.29, 0.717) is 0 Å². The van der Waals surface area contributed by atoms with Gasteiger partial charge in [-0.25, -0.2) is 9.78 Å². The average molecular weight is 243 g/mol. The third kappa shape index (κ3) is 2.27. The van der Waals surface area contributed by atoms with Gasteiger partial charge < -0.3 is 5.73 Å². The zero-order valence-electron chi connectivity index (χ0n) is 9.25. The van der Waals surface area contributed by atoms with Gasteiger partial charge in [0.15, 0.2) is 0 Å². The summed E-state index contributed by atoms with van der Waals surface area (Å²) in [5.41, 5.74) is 5.21. The molecular formula is C11H9N5O2. The fourth-order valence-corrected chi connectivity index (χ4v) is 1.47. The summed E-state index contributed by atoms with van der Waals surface area (Å²) in [5.74, 6) is 0. The second-order valence-electron chi connectivity index (χ2n) is 3.63. The Bertz CT molecular complexity index is 738. The lowest BCUT2D eigenvalue weighted by Crippen LogP contribution is -2.31. The van der Waals surface area contributed by atoms with Gasteiger partial charge in [-0.1, -0.05) is 0 Å². The van der Waals surface area contributed by atoms with Crippen LogP contribution in [0.3, 0.4) is 0 Å². The third-order valence-corrected chi connectivity index (χ3v) is 2.33. The Morgan fingerprint density at radius 2 is 2.28 bits per heavy atom. The number of nitrogens with two attached hydrogens (primary N) is 1. The maximum atomic E-state index is 11.5. The topological polar surface area (TPSA) is 118 Å². The van der Waals surface area contributed by atoms with Crippen LogP contribution < -0.4 is 17.0 Å². The Morgan fingerprint density at radius 3 is 3.00 bits per heavy atom. The lowest BCUT2D eigenvalue weighted by molar-refractivity contribution is 0.722. The predicted octanol–water partition coefficient (Wildman–Crippen LogP) is -0.566. The van der Waals surface area contributed by atoms with Crippen molar-refractivity contribution in [1.29, 1.82) is 5.26 Å². The molecule has 0 bridgehead atoms. The largest absolute Gasteiger partial charge is 0.393 e. The van der Waals surface area contributed by atoms with Crippen LogP contribution in [0.5, 0.6) is 0 Å². The molecule has 18 heavy (non-hydrogen) atoms. The number of aromatic nitrogens is 3. The third-order valence-electron chi connectivity index (χ3n) is 2.33. The SMILES string of the molecule is N#Cc1cc(Cn2cc(N)c(=O)[nH]c2=O)ccn1. The van der Waals surface area contributed by atoms with Crippen molar-refractivity contribution < 1.29 is 0 Å². The maximum Gasteiger partial charge on any atom is 0.328 e. The van der Waals surface area contributed by atoms with E-state index in [4.69, 9.17) is 11.0 Å². The van der Waals surface area contributed by atoms with Gasteiger partial charge in [-0.15, -0.1) is 0 Å². The zero-order valence-corrected chi connectivity index (χ0v) is 9.25. The lowest BCUT2D eigenvalue weighted by atomic mass is 10.2. The fraction of sp³-hybridized carbons (Fsp3) is 0.0909. The van der Waals surface area contributed by atoms with E-state index >= 15 is 0 Å². The fourth-order valence-electron chi connectivity index (χ4n) is 1.47. The molecule has 0 saturated heterocycles. The number of nitrogen functional groups attached to an aromatic ring is 1. The van der Waals surface area contributed by atoms with Gasteiger partial charge in [0.1, 0.15) is 17.5 Å². The van der Waals surface area contributed by atoms with Gasteiger partial charge in [0.2, 0.25) is 0 Å². The minimum Gasteiger partial charge on any atom is -0.393 e. The highest BCUT2D eigenvalue weighted by atomic mass is 16.2. The monoisotopic (exact) mass is 243 g/mol. The quantitative estimate of drug-likeness (QED) is 0.732. The molecule has 0 amide bonds. The highest BCUT2D eigenvalue weighted by molar-refractivity contribution is 5.31. The predicted molar refractivity (Wildman–Crippen MR) is 63.8 cm³/mol. The van der Waals surface area contributed by atoms with Crippen LogP contribution in [0.15, 0.2) is 34.1 Å². The molecule has 7 nitrogen and oxygen atoms in total. The molecule has 90 valence electrons. The van der Waals surface area contributed by atoms with Crippen molar-refractivity contribution in [1.82, 2.24) is 14.5 Å². The first-order chi connectivity index (χ1) is 8.60. The molecule has 0 aliphatic rings. The minimum absolute atomic E-state index is 0.0378. The Kier molecular flexibility index (Phi) is 2.93. The molecule has 0 unspecified atom stereocenters. The molecule has 3 N–H and O–H groups in total. The number of anilines is 1. The van der Waals surface area contributed by atoms with Crippen molar-refractivity contribution in [3.05, 3.63) is 56.6 Å². The van der Waals surface area contributed by atoms with Crippen LogP contribution in [0.2, 0.25) is 0 Å². The highest BCUT2D eigenvalue weighted by Crippen LogP contribution is 2.02. The molecule has 0 radical (unpaired) electrons. The molecule has 7 heteroatoms. The van der Waals surface area contributed by atoms with Crippen LogP contribution in [0.1, 0.15) is 11.3 Å². The minimum atomic E-state index is -0.608. The van der Waals surface area contributed by atoms with Crippen molar-refractivity contribution in [3.8, 4) is 6.07 Å². The number of rotatable bonds is 2. The molecule has 2 aromatic heterocycles. The summed E-state index contributed by atoms with van der Waals surface area (Å²) < 4.78 is 1.26. The number of hydrogen-bond donors (Lipinski definition) is 2. The van der Waals surface area contributed by atoms with Gasteiger partial charge in [0.25, 0.3) is 5.56 Å². The lowest BCUT2D eigenvalue weighted by Gasteiger charge is -2.05. The second kappa shape index (κ2) is 4.55. The average Bonchev–Trinajstić information content (AvgIpc) is 2.36. The van der Waals surface area contributed by atoms with E-state index in [1.165, 1.54) is 17.0 Å². The number of aromatic amines is 1. The summed E-state index contributed by atoms with van der Waals surface area (Å²) in [6, 6.07) is 5.15. The molecule has 0 fully saturated rings. The molecule has 2 aromatic rings. The molecule has 0 aliphatic carbocycles. The summed E-state index contributed by atoms with van der Waals surface area (Å²) in [4.78, 5) is 28.5. The van der Waals surface area contributed by atoms with Crippen LogP contribution in [0.4, 0.5) is 5.69 Å². The Balaban J connectivity index is 2.40. The van der Waals surface area contributed by atoms with Gasteiger partial charge in [-0.3, -0.25) is 14.3 Å². The Labute approximate surface area is 101 Å². The van der Waals surface area contributed by atoms with Crippen molar-refractivity contribution in [2.45, 2.75) is 6.54 Å². The molecule has 0 atom stereocenters. The zero-order chi connectivity index (χ0) is 13.1. The van der Waals surface area contributed by atoms with E-state index in [2.05, 4.69) is 9.97 Å². The van der Waals surface area contributed by atoms with Gasteiger partial charge in [-0.2, -0.15) is 5.26 Å². The number of nitriles is 1. The van der Waals surface area contributed by atoms with Crippen molar-refractivity contribution >= 4 is 5.69 Å². The van der Waals surface area contributed by atoms with E-state index in [0.717, 1.165) is 5.56 Å². The number of nitrogens with zero attached hydrogens (tertiary/aromatic N) is 3. The molecule has 0 aromatic carbocycles. The van der Waals surface area contributed by atoms with Crippen LogP contribution in [0, 0.1) is 11.3 Å². The first kappa shape index (κ1) is 11.6. The van der Waals surface area contributed by atoms with Gasteiger partial charge >= 0.3 is 5.69 Å². The molecule has 0 spiro atoms. The molecule has 2 heterocycles. The van der Waals surface area contributed by atoms with E-state index < -0.39 is 11.2 Å². The van der Waals surface area contributed by atoms with Crippen molar-refractivity contribution in [2.24, 2.45) is 0 Å². The Morgan fingerprint density at radius 1 is 1.50 bits per heavy atom. The number of H-pyrrole nitrogens is 1. The molecule has 0 saturated carbocycles. The van der Waals surface area contributed by atoms with Gasteiger partial charge in [0, 0.05) is 12.4 Å². The summed E-state index contributed by atoms with van der Waals surface area (Å²) >= 11 is 0. The van der Waals surface area contributed by atoms with Crippen LogP contribution in [0.25, 0.3) is 0 Å². The molecule has 2 rings (SSSR count). The number of pyridine rings is 1. The smallest absolute Gasteiger partial charge is 0.328 e. The standard InChI is InChI=1S/C11H9N5O2/c12-4-8-3-7(1-2-14-8)5-16-6-9(13)10(17)15-11(16)18/h1-3,6H,5,13H2,(H,15,17,18). The van der Waals surface area contributed by atoms with Crippen LogP contribution in [-0.2, 0) is 6.54 Å². The summed E-state index contributed by atoms with van der Waals surface area (Å²) in [5, 5.41) is 8.71. The Hall–Kier alpha value is -2.88.